The number of nitrogens with one attached hydrogen (secondary N) is 2. The summed E-state index contributed by atoms with van der Waals surface area (Å²) in [7, 11) is 0. The van der Waals surface area contributed by atoms with Crippen LogP contribution in [0.1, 0.15) is 42.5 Å². The topological polar surface area (TPSA) is 102 Å². The van der Waals surface area contributed by atoms with Crippen molar-refractivity contribution in [3.8, 4) is 6.07 Å². The molecule has 7 heteroatoms. The fourth-order valence-electron chi connectivity index (χ4n) is 3.46. The van der Waals surface area contributed by atoms with Gasteiger partial charge in [0, 0.05) is 30.4 Å². The number of urea groups is 1. The van der Waals surface area contributed by atoms with Crippen LogP contribution >= 0.6 is 0 Å². The normalized spacial score (nSPS) is 18.7. The number of nitrogens with zero attached hydrogens (tertiary/aromatic N) is 2. The first-order valence-corrected chi connectivity index (χ1v) is 9.00. The van der Waals surface area contributed by atoms with Crippen molar-refractivity contribution >= 4 is 23.4 Å². The molecule has 1 aromatic carbocycles. The van der Waals surface area contributed by atoms with Gasteiger partial charge in [-0.15, -0.1) is 0 Å². The number of anilines is 1. The van der Waals surface area contributed by atoms with Gasteiger partial charge in [0.25, 0.3) is 0 Å². The number of hydrogen-bond donors (Lipinski definition) is 2. The van der Waals surface area contributed by atoms with Crippen molar-refractivity contribution in [3.05, 3.63) is 29.8 Å². The van der Waals surface area contributed by atoms with Crippen molar-refractivity contribution in [2.75, 3.05) is 18.0 Å². The number of benzene rings is 1. The van der Waals surface area contributed by atoms with Gasteiger partial charge in [-0.25, -0.2) is 4.79 Å². The lowest BCUT2D eigenvalue weighted by atomic mass is 9.93. The van der Waals surface area contributed by atoms with Gasteiger partial charge in [0.1, 0.15) is 0 Å². The minimum absolute atomic E-state index is 0.0518. The summed E-state index contributed by atoms with van der Waals surface area (Å²) in [5.41, 5.74) is 0.968. The average Bonchev–Trinajstić information content (AvgIpc) is 3.09. The molecule has 0 spiro atoms. The number of carbonyl (C=O) groups is 3. The van der Waals surface area contributed by atoms with Crippen molar-refractivity contribution < 1.29 is 14.4 Å². The maximum absolute atomic E-state index is 12.6. The smallest absolute Gasteiger partial charge is 0.321 e. The van der Waals surface area contributed by atoms with Crippen LogP contribution < -0.4 is 15.5 Å². The molecule has 3 rings (SSSR count). The van der Waals surface area contributed by atoms with Crippen LogP contribution in [0.25, 0.3) is 0 Å². The van der Waals surface area contributed by atoms with Crippen LogP contribution in [-0.2, 0) is 4.79 Å². The van der Waals surface area contributed by atoms with Crippen LogP contribution in [0.3, 0.4) is 0 Å². The number of amides is 3. The first kappa shape index (κ1) is 17.9. The van der Waals surface area contributed by atoms with Crippen molar-refractivity contribution in [2.24, 2.45) is 5.92 Å². The third-order valence-corrected chi connectivity index (χ3v) is 4.93. The van der Waals surface area contributed by atoms with Gasteiger partial charge in [0.15, 0.2) is 11.7 Å². The van der Waals surface area contributed by atoms with E-state index in [1.165, 1.54) is 0 Å². The highest BCUT2D eigenvalue weighted by molar-refractivity contribution is 6.12. The number of nitriles is 1. The fraction of sp³-hybridized carbons (Fsp3) is 0.474. The number of ketones is 1. The summed E-state index contributed by atoms with van der Waals surface area (Å²) < 4.78 is 0. The lowest BCUT2D eigenvalue weighted by Gasteiger charge is -2.23. The SMILES string of the molecule is N#CC(C(=O)NC1CCCCC1)C(=O)c1ccc(N2CCNC2=O)cc1. The third kappa shape index (κ3) is 3.85. The number of carbonyl (C=O) groups excluding carboxylic acids is 3. The molecule has 7 nitrogen and oxygen atoms in total. The molecule has 1 aliphatic heterocycles. The van der Waals surface area contributed by atoms with E-state index in [2.05, 4.69) is 10.6 Å². The van der Waals surface area contributed by atoms with E-state index in [0.717, 1.165) is 32.1 Å². The molecule has 1 atom stereocenters. The van der Waals surface area contributed by atoms with Gasteiger partial charge in [-0.05, 0) is 37.1 Å². The average molecular weight is 354 g/mol. The van der Waals surface area contributed by atoms with Crippen molar-refractivity contribution in [2.45, 2.75) is 38.1 Å². The Morgan fingerprint density at radius 2 is 1.88 bits per heavy atom. The van der Waals surface area contributed by atoms with E-state index >= 15 is 0 Å². The zero-order valence-corrected chi connectivity index (χ0v) is 14.5. The molecule has 136 valence electrons. The Kier molecular flexibility index (Phi) is 5.52. The van der Waals surface area contributed by atoms with E-state index < -0.39 is 17.6 Å². The molecular formula is C19H22N4O3. The summed E-state index contributed by atoms with van der Waals surface area (Å²) in [5, 5.41) is 14.9. The van der Waals surface area contributed by atoms with Crippen LogP contribution in [0, 0.1) is 17.2 Å². The van der Waals surface area contributed by atoms with E-state index in [1.807, 2.05) is 6.07 Å². The van der Waals surface area contributed by atoms with Crippen LogP contribution in [-0.4, -0.2) is 36.9 Å². The second-order valence-corrected chi connectivity index (χ2v) is 6.70. The molecule has 1 unspecified atom stereocenters. The monoisotopic (exact) mass is 354 g/mol. The van der Waals surface area contributed by atoms with E-state index in [0.29, 0.717) is 24.3 Å². The highest BCUT2D eigenvalue weighted by atomic mass is 16.2. The molecule has 0 aromatic heterocycles. The maximum atomic E-state index is 12.6. The standard InChI is InChI=1S/C19H22N4O3/c20-12-16(18(25)22-14-4-2-1-3-5-14)17(24)13-6-8-15(9-7-13)23-11-10-21-19(23)26/h6-9,14,16H,1-5,10-11H2,(H,21,26)(H,22,25). The van der Waals surface area contributed by atoms with Gasteiger partial charge in [-0.1, -0.05) is 19.3 Å². The Labute approximate surface area is 152 Å². The first-order valence-electron chi connectivity index (χ1n) is 9.00. The number of rotatable bonds is 5. The van der Waals surface area contributed by atoms with E-state index in [9.17, 15) is 19.6 Å². The maximum Gasteiger partial charge on any atom is 0.321 e. The minimum Gasteiger partial charge on any atom is -0.352 e. The predicted molar refractivity (Wildman–Crippen MR) is 95.6 cm³/mol. The summed E-state index contributed by atoms with van der Waals surface area (Å²) >= 11 is 0. The Morgan fingerprint density at radius 1 is 1.19 bits per heavy atom. The molecule has 1 aliphatic carbocycles. The zero-order chi connectivity index (χ0) is 18.5. The van der Waals surface area contributed by atoms with Gasteiger partial charge in [0.05, 0.1) is 6.07 Å². The molecule has 0 radical (unpaired) electrons. The van der Waals surface area contributed by atoms with Gasteiger partial charge < -0.3 is 10.6 Å². The molecule has 2 aliphatic rings. The highest BCUT2D eigenvalue weighted by Gasteiger charge is 2.30. The second-order valence-electron chi connectivity index (χ2n) is 6.70. The lowest BCUT2D eigenvalue weighted by Crippen LogP contribution is -2.42. The van der Waals surface area contributed by atoms with Crippen LogP contribution in [0.5, 0.6) is 0 Å². The molecule has 1 saturated heterocycles. The Bertz CT molecular complexity index is 732. The molecule has 26 heavy (non-hydrogen) atoms. The first-order chi connectivity index (χ1) is 12.6. The van der Waals surface area contributed by atoms with Crippen LogP contribution in [0.15, 0.2) is 24.3 Å². The zero-order valence-electron chi connectivity index (χ0n) is 14.5. The van der Waals surface area contributed by atoms with Crippen LogP contribution in [0.4, 0.5) is 10.5 Å². The quantitative estimate of drug-likeness (QED) is 0.623. The molecule has 1 heterocycles. The Morgan fingerprint density at radius 3 is 2.46 bits per heavy atom. The number of Topliss-reactive ketones (excluding diaryl/α,β-unsaturated/α-hetero) is 1. The fourth-order valence-corrected chi connectivity index (χ4v) is 3.46. The van der Waals surface area contributed by atoms with Gasteiger partial charge in [0.2, 0.25) is 5.91 Å². The predicted octanol–water partition coefficient (Wildman–Crippen LogP) is 1.99. The summed E-state index contributed by atoms with van der Waals surface area (Å²) in [6.07, 6.45) is 5.06. The Balaban J connectivity index is 1.67. The number of hydrogen-bond acceptors (Lipinski definition) is 4. The molecule has 0 bridgehead atoms. The second kappa shape index (κ2) is 8.00. The highest BCUT2D eigenvalue weighted by Crippen LogP contribution is 2.20. The molecule has 1 aromatic rings. The van der Waals surface area contributed by atoms with Crippen LogP contribution in [0.2, 0.25) is 0 Å². The van der Waals surface area contributed by atoms with Gasteiger partial charge in [-0.2, -0.15) is 5.26 Å². The summed E-state index contributed by atoms with van der Waals surface area (Å²) in [5.74, 6) is -2.39. The molecular weight excluding hydrogens is 332 g/mol. The van der Waals surface area contributed by atoms with E-state index in [4.69, 9.17) is 0 Å². The van der Waals surface area contributed by atoms with Crippen molar-refractivity contribution in [3.63, 3.8) is 0 Å². The Hall–Kier alpha value is -2.88. The van der Waals surface area contributed by atoms with Crippen molar-refractivity contribution in [1.29, 1.82) is 5.26 Å². The molecule has 3 amide bonds. The summed E-state index contributed by atoms with van der Waals surface area (Å²) in [4.78, 5) is 38.2. The minimum atomic E-state index is -1.35. The molecule has 1 saturated carbocycles. The van der Waals surface area contributed by atoms with Crippen molar-refractivity contribution in [1.82, 2.24) is 10.6 Å². The summed E-state index contributed by atoms with van der Waals surface area (Å²) in [6, 6.07) is 8.14. The van der Waals surface area contributed by atoms with Gasteiger partial charge in [-0.3, -0.25) is 14.5 Å². The van der Waals surface area contributed by atoms with E-state index in [1.54, 1.807) is 29.2 Å². The third-order valence-electron chi connectivity index (χ3n) is 4.93. The molecule has 2 N–H and O–H groups in total. The lowest BCUT2D eigenvalue weighted by molar-refractivity contribution is -0.123. The summed E-state index contributed by atoms with van der Waals surface area (Å²) in [6.45, 7) is 1.15. The van der Waals surface area contributed by atoms with Gasteiger partial charge >= 0.3 is 6.03 Å². The molecule has 2 fully saturated rings. The largest absolute Gasteiger partial charge is 0.352 e. The van der Waals surface area contributed by atoms with E-state index in [-0.39, 0.29) is 12.1 Å².